The van der Waals surface area contributed by atoms with Gasteiger partial charge in [-0.25, -0.2) is 0 Å². The second kappa shape index (κ2) is 4.39. The number of nitrogens with zero attached hydrogens (tertiary/aromatic N) is 2. The van der Waals surface area contributed by atoms with Crippen LogP contribution in [0.3, 0.4) is 0 Å². The predicted octanol–water partition coefficient (Wildman–Crippen LogP) is 2.98. The summed E-state index contributed by atoms with van der Waals surface area (Å²) in [7, 11) is 1.90. The molecule has 0 amide bonds. The molecule has 98 valence electrons. The van der Waals surface area contributed by atoms with Gasteiger partial charge in [-0.05, 0) is 37.3 Å². The molecule has 4 nitrogen and oxygen atoms in total. The van der Waals surface area contributed by atoms with Crippen molar-refractivity contribution in [3.05, 3.63) is 58.1 Å². The van der Waals surface area contributed by atoms with E-state index in [1.165, 1.54) is 0 Å². The SMILES string of the molecule is Cc1c(-c2ccco2)c(=O)c2cc(C#N)ccc2n1C. The fourth-order valence-electron chi connectivity index (χ4n) is 2.44. The molecule has 4 heteroatoms. The number of hydrogen-bond acceptors (Lipinski definition) is 3. The first-order valence-electron chi connectivity index (χ1n) is 6.21. The van der Waals surface area contributed by atoms with Crippen LogP contribution in [0.5, 0.6) is 0 Å². The fraction of sp³-hybridized carbons (Fsp3) is 0.125. The van der Waals surface area contributed by atoms with E-state index in [4.69, 9.17) is 9.68 Å². The Bertz CT molecular complexity index is 897. The number of pyridine rings is 1. The molecule has 0 fully saturated rings. The molecule has 3 aromatic rings. The molecule has 0 spiro atoms. The van der Waals surface area contributed by atoms with Gasteiger partial charge in [-0.2, -0.15) is 5.26 Å². The van der Waals surface area contributed by atoms with Gasteiger partial charge < -0.3 is 8.98 Å². The Morgan fingerprint density at radius 1 is 1.30 bits per heavy atom. The minimum absolute atomic E-state index is 0.109. The summed E-state index contributed by atoms with van der Waals surface area (Å²) in [4.78, 5) is 12.7. The summed E-state index contributed by atoms with van der Waals surface area (Å²) in [5.74, 6) is 0.548. The Hall–Kier alpha value is -2.80. The molecule has 0 aliphatic heterocycles. The number of benzene rings is 1. The average Bonchev–Trinajstić information content (AvgIpc) is 2.98. The van der Waals surface area contributed by atoms with Crippen LogP contribution in [0.1, 0.15) is 11.3 Å². The lowest BCUT2D eigenvalue weighted by Gasteiger charge is -2.13. The van der Waals surface area contributed by atoms with Gasteiger partial charge in [-0.3, -0.25) is 4.79 Å². The standard InChI is InChI=1S/C16H12N2O2/c1-10-15(14-4-3-7-20-14)16(19)12-8-11(9-17)5-6-13(12)18(10)2/h3-8H,1-2H3. The second-order valence-electron chi connectivity index (χ2n) is 4.67. The number of nitriles is 1. The number of aryl methyl sites for hydroxylation is 1. The summed E-state index contributed by atoms with van der Waals surface area (Å²) in [6, 6.07) is 10.7. The third-order valence-electron chi connectivity index (χ3n) is 3.59. The maximum absolute atomic E-state index is 12.7. The van der Waals surface area contributed by atoms with E-state index in [-0.39, 0.29) is 5.43 Å². The van der Waals surface area contributed by atoms with E-state index in [1.54, 1.807) is 36.6 Å². The topological polar surface area (TPSA) is 58.9 Å². The van der Waals surface area contributed by atoms with E-state index < -0.39 is 0 Å². The van der Waals surface area contributed by atoms with Gasteiger partial charge in [0.05, 0.1) is 29.0 Å². The minimum atomic E-state index is -0.109. The Morgan fingerprint density at radius 2 is 2.10 bits per heavy atom. The predicted molar refractivity (Wildman–Crippen MR) is 76.3 cm³/mol. The van der Waals surface area contributed by atoms with Crippen molar-refractivity contribution < 1.29 is 4.42 Å². The Kier molecular flexibility index (Phi) is 2.69. The molecule has 0 radical (unpaired) electrons. The zero-order chi connectivity index (χ0) is 14.3. The summed E-state index contributed by atoms with van der Waals surface area (Å²) in [5, 5.41) is 9.52. The first-order chi connectivity index (χ1) is 9.63. The number of hydrogen-bond donors (Lipinski definition) is 0. The molecule has 2 aromatic heterocycles. The van der Waals surface area contributed by atoms with Crippen molar-refractivity contribution in [3.8, 4) is 17.4 Å². The van der Waals surface area contributed by atoms with Crippen LogP contribution in [0.25, 0.3) is 22.2 Å². The van der Waals surface area contributed by atoms with Gasteiger partial charge >= 0.3 is 0 Å². The molecular weight excluding hydrogens is 252 g/mol. The minimum Gasteiger partial charge on any atom is -0.464 e. The average molecular weight is 264 g/mol. The Labute approximate surface area is 115 Å². The third-order valence-corrected chi connectivity index (χ3v) is 3.59. The van der Waals surface area contributed by atoms with Crippen LogP contribution < -0.4 is 5.43 Å². The molecule has 0 aliphatic carbocycles. The van der Waals surface area contributed by atoms with Gasteiger partial charge in [0.25, 0.3) is 0 Å². The van der Waals surface area contributed by atoms with Crippen LogP contribution >= 0.6 is 0 Å². The van der Waals surface area contributed by atoms with Crippen LogP contribution in [-0.4, -0.2) is 4.57 Å². The molecule has 0 atom stereocenters. The van der Waals surface area contributed by atoms with Crippen LogP contribution in [0.2, 0.25) is 0 Å². The lowest BCUT2D eigenvalue weighted by atomic mass is 10.0. The van der Waals surface area contributed by atoms with Gasteiger partial charge in [0.1, 0.15) is 5.76 Å². The van der Waals surface area contributed by atoms with Crippen molar-refractivity contribution >= 4 is 10.9 Å². The van der Waals surface area contributed by atoms with Crippen molar-refractivity contribution in [1.82, 2.24) is 4.57 Å². The smallest absolute Gasteiger partial charge is 0.200 e. The summed E-state index contributed by atoms with van der Waals surface area (Å²) in [6.45, 7) is 1.89. The molecule has 1 aromatic carbocycles. The molecule has 20 heavy (non-hydrogen) atoms. The zero-order valence-electron chi connectivity index (χ0n) is 11.2. The van der Waals surface area contributed by atoms with Crippen molar-refractivity contribution in [1.29, 1.82) is 5.26 Å². The monoisotopic (exact) mass is 264 g/mol. The summed E-state index contributed by atoms with van der Waals surface area (Å²) in [6.07, 6.45) is 1.55. The highest BCUT2D eigenvalue weighted by atomic mass is 16.3. The van der Waals surface area contributed by atoms with E-state index in [0.717, 1.165) is 11.2 Å². The lowest BCUT2D eigenvalue weighted by molar-refractivity contribution is 0.580. The maximum atomic E-state index is 12.7. The number of fused-ring (bicyclic) bond motifs is 1. The van der Waals surface area contributed by atoms with Crippen LogP contribution in [0.15, 0.2) is 45.8 Å². The molecule has 3 rings (SSSR count). The second-order valence-corrected chi connectivity index (χ2v) is 4.67. The zero-order valence-corrected chi connectivity index (χ0v) is 11.2. The van der Waals surface area contributed by atoms with Gasteiger partial charge in [-0.15, -0.1) is 0 Å². The van der Waals surface area contributed by atoms with Crippen molar-refractivity contribution in [2.24, 2.45) is 7.05 Å². The highest BCUT2D eigenvalue weighted by Crippen LogP contribution is 2.24. The van der Waals surface area contributed by atoms with Gasteiger partial charge in [0.2, 0.25) is 5.43 Å². The molecule has 0 unspecified atom stereocenters. The number of furan rings is 1. The third kappa shape index (κ3) is 1.64. The van der Waals surface area contributed by atoms with Crippen molar-refractivity contribution in [2.45, 2.75) is 6.92 Å². The number of rotatable bonds is 1. The van der Waals surface area contributed by atoms with E-state index >= 15 is 0 Å². The molecule has 0 bridgehead atoms. The van der Waals surface area contributed by atoms with Crippen molar-refractivity contribution in [3.63, 3.8) is 0 Å². The summed E-state index contributed by atoms with van der Waals surface area (Å²) >= 11 is 0. The molecule has 0 aliphatic rings. The van der Waals surface area contributed by atoms with Crippen LogP contribution in [-0.2, 0) is 7.05 Å². The molecular formula is C16H12N2O2. The molecule has 0 saturated heterocycles. The normalized spacial score (nSPS) is 10.7. The van der Waals surface area contributed by atoms with Crippen molar-refractivity contribution in [2.75, 3.05) is 0 Å². The summed E-state index contributed by atoms with van der Waals surface area (Å²) < 4.78 is 7.30. The van der Waals surface area contributed by atoms with Crippen LogP contribution in [0.4, 0.5) is 0 Å². The van der Waals surface area contributed by atoms with Gasteiger partial charge in [0.15, 0.2) is 0 Å². The Morgan fingerprint density at radius 3 is 2.75 bits per heavy atom. The van der Waals surface area contributed by atoms with E-state index in [2.05, 4.69) is 6.07 Å². The molecule has 0 saturated carbocycles. The largest absolute Gasteiger partial charge is 0.464 e. The first-order valence-corrected chi connectivity index (χ1v) is 6.21. The van der Waals surface area contributed by atoms with E-state index in [1.807, 2.05) is 18.5 Å². The van der Waals surface area contributed by atoms with Crippen LogP contribution in [0, 0.1) is 18.3 Å². The molecule has 0 N–H and O–H groups in total. The lowest BCUT2D eigenvalue weighted by Crippen LogP contribution is -2.14. The maximum Gasteiger partial charge on any atom is 0.200 e. The van der Waals surface area contributed by atoms with E-state index in [0.29, 0.717) is 22.3 Å². The highest BCUT2D eigenvalue weighted by molar-refractivity contribution is 5.85. The first kappa shape index (κ1) is 12.2. The fourth-order valence-corrected chi connectivity index (χ4v) is 2.44. The Balaban J connectivity index is 2.49. The van der Waals surface area contributed by atoms with E-state index in [9.17, 15) is 4.79 Å². The van der Waals surface area contributed by atoms with Gasteiger partial charge in [-0.1, -0.05) is 0 Å². The quantitative estimate of drug-likeness (QED) is 0.679. The van der Waals surface area contributed by atoms with Gasteiger partial charge in [0, 0.05) is 18.1 Å². The molecule has 2 heterocycles. The summed E-state index contributed by atoms with van der Waals surface area (Å²) in [5.41, 5.74) is 2.55. The number of aromatic nitrogens is 1. The highest BCUT2D eigenvalue weighted by Gasteiger charge is 2.16.